The Kier molecular flexibility index (Phi) is 5.02. The Bertz CT molecular complexity index is 573. The summed E-state index contributed by atoms with van der Waals surface area (Å²) < 4.78 is 16.7. The van der Waals surface area contributed by atoms with E-state index in [1.54, 1.807) is 33.5 Å². The van der Waals surface area contributed by atoms with Gasteiger partial charge in [-0.15, -0.1) is 22.9 Å². The molecule has 1 atom stereocenters. The Labute approximate surface area is 132 Å². The largest absolute Gasteiger partial charge is 0.496 e. The van der Waals surface area contributed by atoms with Crippen LogP contribution in [0, 0.1) is 0 Å². The second kappa shape index (κ2) is 6.57. The fourth-order valence-corrected chi connectivity index (χ4v) is 3.36. The van der Waals surface area contributed by atoms with E-state index in [2.05, 4.69) is 0 Å². The highest BCUT2D eigenvalue weighted by Crippen LogP contribution is 2.45. The minimum absolute atomic E-state index is 0.400. The highest BCUT2D eigenvalue weighted by Gasteiger charge is 2.23. The molecule has 0 fully saturated rings. The predicted octanol–water partition coefficient (Wildman–Crippen LogP) is 4.76. The van der Waals surface area contributed by atoms with E-state index < -0.39 is 5.38 Å². The summed E-state index contributed by atoms with van der Waals surface area (Å²) in [6.45, 7) is 0. The van der Waals surface area contributed by atoms with Crippen LogP contribution >= 0.6 is 34.5 Å². The third-order valence-electron chi connectivity index (χ3n) is 2.85. The lowest BCUT2D eigenvalue weighted by molar-refractivity contribution is 0.369. The number of alkyl halides is 1. The Morgan fingerprint density at radius 2 is 1.60 bits per heavy atom. The first-order valence-electron chi connectivity index (χ1n) is 5.80. The number of hydrogen-bond donors (Lipinski definition) is 0. The third-order valence-corrected chi connectivity index (χ3v) is 4.73. The molecular weight excluding hydrogens is 319 g/mol. The number of benzene rings is 1. The van der Waals surface area contributed by atoms with Gasteiger partial charge in [-0.05, 0) is 12.1 Å². The Morgan fingerprint density at radius 3 is 2.00 bits per heavy atom. The highest BCUT2D eigenvalue weighted by atomic mass is 35.5. The minimum Gasteiger partial charge on any atom is -0.496 e. The fourth-order valence-electron chi connectivity index (χ4n) is 1.89. The maximum absolute atomic E-state index is 6.56. The van der Waals surface area contributed by atoms with Crippen LogP contribution in [0.25, 0.3) is 0 Å². The molecule has 3 nitrogen and oxygen atoms in total. The molecule has 0 aliphatic carbocycles. The van der Waals surface area contributed by atoms with Crippen molar-refractivity contribution >= 4 is 34.5 Å². The maximum Gasteiger partial charge on any atom is 0.131 e. The van der Waals surface area contributed by atoms with Crippen molar-refractivity contribution in [2.24, 2.45) is 0 Å². The minimum atomic E-state index is -0.400. The van der Waals surface area contributed by atoms with Crippen LogP contribution in [0.15, 0.2) is 24.3 Å². The van der Waals surface area contributed by atoms with Crippen molar-refractivity contribution in [1.82, 2.24) is 0 Å². The quantitative estimate of drug-likeness (QED) is 0.739. The molecule has 0 aliphatic rings. The lowest BCUT2D eigenvalue weighted by atomic mass is 10.1. The summed E-state index contributed by atoms with van der Waals surface area (Å²) in [7, 11) is 4.76. The lowest BCUT2D eigenvalue weighted by Crippen LogP contribution is -2.01. The van der Waals surface area contributed by atoms with Gasteiger partial charge in [0.05, 0.1) is 31.2 Å². The SMILES string of the molecule is COc1cc(OC)c(C(Cl)c2ccc(Cl)s2)c(OC)c1. The van der Waals surface area contributed by atoms with Crippen molar-refractivity contribution in [2.45, 2.75) is 5.38 Å². The molecule has 0 saturated carbocycles. The van der Waals surface area contributed by atoms with Crippen molar-refractivity contribution < 1.29 is 14.2 Å². The number of rotatable bonds is 5. The van der Waals surface area contributed by atoms with Gasteiger partial charge in [-0.3, -0.25) is 0 Å². The Balaban J connectivity index is 2.53. The number of thiophene rings is 1. The summed E-state index contributed by atoms with van der Waals surface area (Å²) in [5.74, 6) is 1.88. The molecule has 0 saturated heterocycles. The van der Waals surface area contributed by atoms with Gasteiger partial charge in [0.1, 0.15) is 22.6 Å². The topological polar surface area (TPSA) is 27.7 Å². The van der Waals surface area contributed by atoms with Crippen LogP contribution in [-0.2, 0) is 0 Å². The van der Waals surface area contributed by atoms with Crippen LogP contribution in [0.4, 0.5) is 0 Å². The maximum atomic E-state index is 6.56. The monoisotopic (exact) mass is 332 g/mol. The van der Waals surface area contributed by atoms with Crippen molar-refractivity contribution in [3.05, 3.63) is 39.0 Å². The summed E-state index contributed by atoms with van der Waals surface area (Å²) in [6, 6.07) is 7.28. The fraction of sp³-hybridized carbons (Fsp3) is 0.286. The summed E-state index contributed by atoms with van der Waals surface area (Å²) in [5.41, 5.74) is 0.760. The highest BCUT2D eigenvalue weighted by molar-refractivity contribution is 7.16. The molecule has 0 aliphatic heterocycles. The molecule has 1 heterocycles. The van der Waals surface area contributed by atoms with Crippen LogP contribution in [0.2, 0.25) is 4.34 Å². The van der Waals surface area contributed by atoms with Crippen LogP contribution in [-0.4, -0.2) is 21.3 Å². The second-order valence-electron chi connectivity index (χ2n) is 3.95. The Morgan fingerprint density at radius 1 is 1.00 bits per heavy atom. The van der Waals surface area contributed by atoms with Gasteiger partial charge in [0.15, 0.2) is 0 Å². The second-order valence-corrected chi connectivity index (χ2v) is 6.13. The molecule has 0 spiro atoms. The molecule has 6 heteroatoms. The molecule has 2 rings (SSSR count). The zero-order valence-electron chi connectivity index (χ0n) is 11.3. The van der Waals surface area contributed by atoms with Gasteiger partial charge >= 0.3 is 0 Å². The standard InChI is InChI=1S/C14H14Cl2O3S/c1-17-8-6-9(18-2)13(10(7-8)19-3)14(16)11-4-5-12(15)20-11/h4-7,14H,1-3H3. The molecule has 1 unspecified atom stereocenters. The van der Waals surface area contributed by atoms with E-state index in [-0.39, 0.29) is 0 Å². The van der Waals surface area contributed by atoms with E-state index in [1.807, 2.05) is 12.1 Å². The first-order valence-corrected chi connectivity index (χ1v) is 7.43. The Hall–Kier alpha value is -1.10. The smallest absolute Gasteiger partial charge is 0.131 e. The zero-order chi connectivity index (χ0) is 14.7. The zero-order valence-corrected chi connectivity index (χ0v) is 13.6. The van der Waals surface area contributed by atoms with Gasteiger partial charge in [-0.25, -0.2) is 0 Å². The molecule has 1 aromatic carbocycles. The average molecular weight is 333 g/mol. The van der Waals surface area contributed by atoms with Crippen molar-refractivity contribution in [3.63, 3.8) is 0 Å². The number of methoxy groups -OCH3 is 3. The number of hydrogen-bond acceptors (Lipinski definition) is 4. The van der Waals surface area contributed by atoms with Crippen LogP contribution in [0.1, 0.15) is 15.8 Å². The first kappa shape index (κ1) is 15.3. The van der Waals surface area contributed by atoms with Gasteiger partial charge in [-0.1, -0.05) is 11.6 Å². The first-order chi connectivity index (χ1) is 9.60. The lowest BCUT2D eigenvalue weighted by Gasteiger charge is -2.18. The predicted molar refractivity (Wildman–Crippen MR) is 83.1 cm³/mol. The molecule has 0 N–H and O–H groups in total. The van der Waals surface area contributed by atoms with E-state index >= 15 is 0 Å². The molecule has 20 heavy (non-hydrogen) atoms. The molecular formula is C14H14Cl2O3S. The molecule has 0 bridgehead atoms. The van der Waals surface area contributed by atoms with Crippen molar-refractivity contribution in [3.8, 4) is 17.2 Å². The molecule has 108 valence electrons. The normalized spacial score (nSPS) is 12.1. The van der Waals surface area contributed by atoms with Gasteiger partial charge < -0.3 is 14.2 Å². The average Bonchev–Trinajstić information content (AvgIpc) is 2.91. The third kappa shape index (κ3) is 2.97. The van der Waals surface area contributed by atoms with Gasteiger partial charge in [0.2, 0.25) is 0 Å². The van der Waals surface area contributed by atoms with E-state index in [1.165, 1.54) is 11.3 Å². The number of halogens is 2. The summed E-state index contributed by atoms with van der Waals surface area (Å²) in [6.07, 6.45) is 0. The summed E-state index contributed by atoms with van der Waals surface area (Å²) in [4.78, 5) is 0.929. The molecule has 2 aromatic rings. The van der Waals surface area contributed by atoms with Crippen molar-refractivity contribution in [2.75, 3.05) is 21.3 Å². The van der Waals surface area contributed by atoms with E-state index in [4.69, 9.17) is 37.4 Å². The number of ether oxygens (including phenoxy) is 3. The van der Waals surface area contributed by atoms with E-state index in [0.29, 0.717) is 21.6 Å². The van der Waals surface area contributed by atoms with Crippen LogP contribution < -0.4 is 14.2 Å². The summed E-state index contributed by atoms with van der Waals surface area (Å²) in [5, 5.41) is -0.400. The van der Waals surface area contributed by atoms with E-state index in [9.17, 15) is 0 Å². The molecule has 0 amide bonds. The van der Waals surface area contributed by atoms with Crippen LogP contribution in [0.3, 0.4) is 0 Å². The van der Waals surface area contributed by atoms with Gasteiger partial charge in [0.25, 0.3) is 0 Å². The van der Waals surface area contributed by atoms with Crippen molar-refractivity contribution in [1.29, 1.82) is 0 Å². The summed E-state index contributed by atoms with van der Waals surface area (Å²) >= 11 is 14.0. The van der Waals surface area contributed by atoms with Gasteiger partial charge in [-0.2, -0.15) is 0 Å². The van der Waals surface area contributed by atoms with E-state index in [0.717, 1.165) is 10.4 Å². The van der Waals surface area contributed by atoms with Crippen LogP contribution in [0.5, 0.6) is 17.2 Å². The molecule has 1 aromatic heterocycles. The molecule has 0 radical (unpaired) electrons. The van der Waals surface area contributed by atoms with Gasteiger partial charge in [0, 0.05) is 17.0 Å².